The van der Waals surface area contributed by atoms with E-state index < -0.39 is 5.82 Å². The molecular weight excluding hydrogens is 321 g/mol. The molecule has 1 heterocycles. The number of nitrogens with two attached hydrogens (primary N) is 1. The molecule has 23 heavy (non-hydrogen) atoms. The van der Waals surface area contributed by atoms with Crippen molar-refractivity contribution in [2.75, 3.05) is 35.6 Å². The van der Waals surface area contributed by atoms with Crippen molar-refractivity contribution in [2.45, 2.75) is 0 Å². The maximum atomic E-state index is 13.1. The molecular formula is C16H15ClFN3O2. The summed E-state index contributed by atoms with van der Waals surface area (Å²) in [5.74, 6) is -0.0618. The number of amides is 1. The van der Waals surface area contributed by atoms with Crippen LogP contribution < -0.4 is 20.7 Å². The van der Waals surface area contributed by atoms with E-state index in [1.165, 1.54) is 18.2 Å². The third-order valence-corrected chi connectivity index (χ3v) is 3.77. The van der Waals surface area contributed by atoms with Crippen molar-refractivity contribution in [2.24, 2.45) is 0 Å². The van der Waals surface area contributed by atoms with Gasteiger partial charge in [0.15, 0.2) is 0 Å². The number of carbonyl (C=O) groups excluding carboxylic acids is 1. The van der Waals surface area contributed by atoms with Crippen LogP contribution in [0.1, 0.15) is 0 Å². The molecule has 2 aromatic carbocycles. The minimum absolute atomic E-state index is 0.0349. The number of carbonyl (C=O) groups is 1. The highest BCUT2D eigenvalue weighted by Gasteiger charge is 2.20. The smallest absolute Gasteiger partial charge is 0.243 e. The number of nitrogens with one attached hydrogen (secondary N) is 1. The Kier molecular flexibility index (Phi) is 4.25. The Labute approximate surface area is 137 Å². The summed E-state index contributed by atoms with van der Waals surface area (Å²) in [6.07, 6.45) is 0. The van der Waals surface area contributed by atoms with Crippen LogP contribution in [0.2, 0.25) is 5.02 Å². The van der Waals surface area contributed by atoms with E-state index in [9.17, 15) is 9.18 Å². The van der Waals surface area contributed by atoms with Crippen LogP contribution in [-0.2, 0) is 4.79 Å². The van der Waals surface area contributed by atoms with Crippen LogP contribution in [-0.4, -0.2) is 25.6 Å². The van der Waals surface area contributed by atoms with E-state index in [-0.39, 0.29) is 17.5 Å². The predicted molar refractivity (Wildman–Crippen MR) is 88.6 cm³/mol. The van der Waals surface area contributed by atoms with E-state index in [2.05, 4.69) is 5.32 Å². The standard InChI is InChI=1S/C16H15ClFN3O2/c17-12-8-11(2-3-13(12)18)20-16(22)9-21-5-6-23-15-4-1-10(19)7-14(15)21/h1-4,7-8H,5-6,9,19H2,(H,20,22). The molecule has 120 valence electrons. The summed E-state index contributed by atoms with van der Waals surface area (Å²) in [6, 6.07) is 9.36. The molecule has 0 fully saturated rings. The van der Waals surface area contributed by atoms with E-state index in [1.807, 2.05) is 4.90 Å². The lowest BCUT2D eigenvalue weighted by Gasteiger charge is -2.30. The van der Waals surface area contributed by atoms with Crippen LogP contribution in [0, 0.1) is 5.82 Å². The molecule has 5 nitrogen and oxygen atoms in total. The van der Waals surface area contributed by atoms with Gasteiger partial charge in [-0.05, 0) is 36.4 Å². The summed E-state index contributed by atoms with van der Waals surface area (Å²) in [5, 5.41) is 2.66. The van der Waals surface area contributed by atoms with Crippen molar-refractivity contribution in [3.63, 3.8) is 0 Å². The highest BCUT2D eigenvalue weighted by molar-refractivity contribution is 6.31. The summed E-state index contributed by atoms with van der Waals surface area (Å²) in [4.78, 5) is 14.1. The maximum Gasteiger partial charge on any atom is 0.243 e. The fourth-order valence-corrected chi connectivity index (χ4v) is 2.58. The van der Waals surface area contributed by atoms with Gasteiger partial charge in [0.1, 0.15) is 18.2 Å². The predicted octanol–water partition coefficient (Wildman–Crippen LogP) is 2.90. The highest BCUT2D eigenvalue weighted by Crippen LogP contribution is 2.33. The number of fused-ring (bicyclic) bond motifs is 1. The Morgan fingerprint density at radius 1 is 1.35 bits per heavy atom. The van der Waals surface area contributed by atoms with Crippen LogP contribution >= 0.6 is 11.6 Å². The lowest BCUT2D eigenvalue weighted by molar-refractivity contribution is -0.115. The minimum Gasteiger partial charge on any atom is -0.490 e. The fraction of sp³-hybridized carbons (Fsp3) is 0.188. The van der Waals surface area contributed by atoms with Crippen molar-refractivity contribution in [1.82, 2.24) is 0 Å². The van der Waals surface area contributed by atoms with Crippen LogP contribution in [0.15, 0.2) is 36.4 Å². The lowest BCUT2D eigenvalue weighted by Crippen LogP contribution is -2.38. The van der Waals surface area contributed by atoms with Crippen molar-refractivity contribution >= 4 is 34.6 Å². The summed E-state index contributed by atoms with van der Waals surface area (Å²) in [6.45, 7) is 1.20. The third kappa shape index (κ3) is 3.48. The second-order valence-corrected chi connectivity index (χ2v) is 5.58. The average Bonchev–Trinajstić information content (AvgIpc) is 2.51. The quantitative estimate of drug-likeness (QED) is 0.846. The molecule has 0 aliphatic carbocycles. The van der Waals surface area contributed by atoms with Gasteiger partial charge in [0.25, 0.3) is 0 Å². The molecule has 0 saturated heterocycles. The Balaban J connectivity index is 1.71. The first kappa shape index (κ1) is 15.4. The summed E-state index contributed by atoms with van der Waals surface area (Å²) in [7, 11) is 0. The van der Waals surface area contributed by atoms with E-state index >= 15 is 0 Å². The average molecular weight is 336 g/mol. The molecule has 0 bridgehead atoms. The molecule has 1 aliphatic heterocycles. The number of benzene rings is 2. The number of hydrogen-bond donors (Lipinski definition) is 2. The molecule has 1 aliphatic rings. The van der Waals surface area contributed by atoms with Gasteiger partial charge in [-0.1, -0.05) is 11.6 Å². The first-order valence-electron chi connectivity index (χ1n) is 7.05. The van der Waals surface area contributed by atoms with Gasteiger partial charge in [0.05, 0.1) is 23.8 Å². The van der Waals surface area contributed by atoms with Gasteiger partial charge in [-0.2, -0.15) is 0 Å². The number of nitrogen functional groups attached to an aromatic ring is 1. The number of anilines is 3. The normalized spacial score (nSPS) is 13.2. The topological polar surface area (TPSA) is 67.6 Å². The number of hydrogen-bond acceptors (Lipinski definition) is 4. The van der Waals surface area contributed by atoms with Gasteiger partial charge in [-0.25, -0.2) is 4.39 Å². The first-order valence-corrected chi connectivity index (χ1v) is 7.43. The molecule has 3 rings (SSSR count). The van der Waals surface area contributed by atoms with Crippen LogP contribution in [0.5, 0.6) is 5.75 Å². The SMILES string of the molecule is Nc1ccc2c(c1)N(CC(=O)Nc1ccc(F)c(Cl)c1)CCO2. The van der Waals surface area contributed by atoms with E-state index in [4.69, 9.17) is 22.1 Å². The molecule has 3 N–H and O–H groups in total. The molecule has 7 heteroatoms. The molecule has 0 aromatic heterocycles. The molecule has 0 radical (unpaired) electrons. The van der Waals surface area contributed by atoms with Crippen LogP contribution in [0.3, 0.4) is 0 Å². The van der Waals surface area contributed by atoms with E-state index in [1.54, 1.807) is 18.2 Å². The van der Waals surface area contributed by atoms with Crippen molar-refractivity contribution in [3.8, 4) is 5.75 Å². The Morgan fingerprint density at radius 2 is 2.17 bits per heavy atom. The van der Waals surface area contributed by atoms with Crippen molar-refractivity contribution < 1.29 is 13.9 Å². The second kappa shape index (κ2) is 6.34. The monoisotopic (exact) mass is 335 g/mol. The third-order valence-electron chi connectivity index (χ3n) is 3.48. The fourth-order valence-electron chi connectivity index (χ4n) is 2.40. The van der Waals surface area contributed by atoms with E-state index in [0.29, 0.717) is 30.3 Å². The van der Waals surface area contributed by atoms with E-state index in [0.717, 1.165) is 5.69 Å². The number of rotatable bonds is 3. The Bertz CT molecular complexity index is 754. The second-order valence-electron chi connectivity index (χ2n) is 5.17. The van der Waals surface area contributed by atoms with Gasteiger partial charge in [0, 0.05) is 11.4 Å². The first-order chi connectivity index (χ1) is 11.0. The Morgan fingerprint density at radius 3 is 2.96 bits per heavy atom. The van der Waals surface area contributed by atoms with Gasteiger partial charge in [0.2, 0.25) is 5.91 Å². The minimum atomic E-state index is -0.526. The van der Waals surface area contributed by atoms with Gasteiger partial charge in [-0.3, -0.25) is 4.79 Å². The molecule has 0 saturated carbocycles. The summed E-state index contributed by atoms with van der Waals surface area (Å²) >= 11 is 5.71. The Hall–Kier alpha value is -2.47. The number of halogens is 2. The zero-order valence-electron chi connectivity index (χ0n) is 12.2. The zero-order chi connectivity index (χ0) is 16.4. The molecule has 0 unspecified atom stereocenters. The number of ether oxygens (including phenoxy) is 1. The van der Waals surface area contributed by atoms with Crippen LogP contribution in [0.25, 0.3) is 0 Å². The highest BCUT2D eigenvalue weighted by atomic mass is 35.5. The van der Waals surface area contributed by atoms with Crippen molar-refractivity contribution in [1.29, 1.82) is 0 Å². The lowest BCUT2D eigenvalue weighted by atomic mass is 10.2. The van der Waals surface area contributed by atoms with Crippen molar-refractivity contribution in [3.05, 3.63) is 47.2 Å². The molecule has 0 atom stereocenters. The largest absolute Gasteiger partial charge is 0.490 e. The zero-order valence-corrected chi connectivity index (χ0v) is 12.9. The molecule has 1 amide bonds. The van der Waals surface area contributed by atoms with Gasteiger partial charge >= 0.3 is 0 Å². The summed E-state index contributed by atoms with van der Waals surface area (Å²) < 4.78 is 18.7. The van der Waals surface area contributed by atoms with Gasteiger partial charge in [-0.15, -0.1) is 0 Å². The van der Waals surface area contributed by atoms with Gasteiger partial charge < -0.3 is 20.7 Å². The maximum absolute atomic E-state index is 13.1. The molecule has 2 aromatic rings. The summed E-state index contributed by atoms with van der Waals surface area (Å²) in [5.41, 5.74) is 7.63. The molecule has 0 spiro atoms. The number of nitrogens with zero attached hydrogens (tertiary/aromatic N) is 1. The van der Waals surface area contributed by atoms with Crippen LogP contribution in [0.4, 0.5) is 21.5 Å².